The van der Waals surface area contributed by atoms with E-state index in [9.17, 15) is 14.7 Å². The van der Waals surface area contributed by atoms with Gasteiger partial charge in [-0.25, -0.2) is 6.57 Å². The highest BCUT2D eigenvalue weighted by atomic mass is 16.3. The van der Waals surface area contributed by atoms with Gasteiger partial charge in [0.25, 0.3) is 0 Å². The van der Waals surface area contributed by atoms with Gasteiger partial charge in [0.05, 0.1) is 6.42 Å². The molecular weight excluding hydrogens is 304 g/mol. The summed E-state index contributed by atoms with van der Waals surface area (Å²) in [5, 5.41) is 9.55. The number of carbonyl (C=O) groups excluding carboxylic acids is 2. The zero-order chi connectivity index (χ0) is 17.4. The molecule has 0 aromatic heterocycles. The number of carbonyl (C=O) groups is 2. The first-order valence-corrected chi connectivity index (χ1v) is 7.58. The molecule has 0 aliphatic rings. The Balaban J connectivity index is 2.17. The zero-order valence-corrected chi connectivity index (χ0v) is 13.1. The Bertz CT molecular complexity index is 684. The van der Waals surface area contributed by atoms with Crippen LogP contribution in [0.2, 0.25) is 0 Å². The topological polar surface area (TPSA) is 62.0 Å². The second-order valence-corrected chi connectivity index (χ2v) is 5.31. The van der Waals surface area contributed by atoms with E-state index in [4.69, 9.17) is 6.57 Å². The van der Waals surface area contributed by atoms with Crippen LogP contribution < -0.4 is 4.90 Å². The van der Waals surface area contributed by atoms with Gasteiger partial charge in [0.1, 0.15) is 11.9 Å². The number of aliphatic hydroxyl groups is 1. The molecular formula is C19H18N2O3. The first kappa shape index (κ1) is 17.4. The predicted octanol–water partition coefficient (Wildman–Crippen LogP) is 2.98. The molecule has 0 heterocycles. The molecule has 0 aliphatic heterocycles. The molecule has 0 aliphatic carbocycles. The Morgan fingerprint density at radius 1 is 1.00 bits per heavy atom. The lowest BCUT2D eigenvalue weighted by Gasteiger charge is -2.23. The maximum atomic E-state index is 12.7. The van der Waals surface area contributed by atoms with E-state index in [0.717, 1.165) is 0 Å². The number of nitrogens with zero attached hydrogens (tertiary/aromatic N) is 2. The summed E-state index contributed by atoms with van der Waals surface area (Å²) in [5.41, 5.74) is 1.34. The summed E-state index contributed by atoms with van der Waals surface area (Å²) < 4.78 is 0. The fraction of sp³-hybridized carbons (Fsp3) is 0.211. The molecule has 5 heteroatoms. The largest absolute Gasteiger partial charge is 0.385 e. The molecule has 0 saturated carbocycles. The Morgan fingerprint density at radius 3 is 1.96 bits per heavy atom. The second-order valence-electron chi connectivity index (χ2n) is 5.31. The van der Waals surface area contributed by atoms with Crippen molar-refractivity contribution in [3.8, 4) is 0 Å². The third-order valence-corrected chi connectivity index (χ3v) is 3.39. The molecule has 122 valence electrons. The van der Waals surface area contributed by atoms with Gasteiger partial charge in [-0.15, -0.1) is 0 Å². The standard InChI is InChI=1S/C19H18N2O3/c1-20-14-18(23)12-17(22)13-19(24)21(15-8-4-2-5-9-15)16-10-6-3-7-11-16/h2-11,18,23H,12-14H2/t18-/m0/s1. The molecule has 1 N–H and O–H groups in total. The molecule has 0 fully saturated rings. The molecule has 2 aromatic rings. The number of hydrogen-bond acceptors (Lipinski definition) is 3. The number of aliphatic hydroxyl groups excluding tert-OH is 1. The summed E-state index contributed by atoms with van der Waals surface area (Å²) in [6.45, 7) is 6.55. The van der Waals surface area contributed by atoms with Crippen LogP contribution in [0.1, 0.15) is 12.8 Å². The van der Waals surface area contributed by atoms with E-state index in [1.165, 1.54) is 4.90 Å². The van der Waals surface area contributed by atoms with Crippen molar-refractivity contribution in [2.75, 3.05) is 11.4 Å². The Morgan fingerprint density at radius 2 is 1.50 bits per heavy atom. The van der Waals surface area contributed by atoms with Crippen LogP contribution in [0.3, 0.4) is 0 Å². The lowest BCUT2D eigenvalue weighted by atomic mass is 10.1. The average Bonchev–Trinajstić information content (AvgIpc) is 2.57. The van der Waals surface area contributed by atoms with Crippen LogP contribution in [0.5, 0.6) is 0 Å². The first-order chi connectivity index (χ1) is 11.6. The molecule has 0 unspecified atom stereocenters. The van der Waals surface area contributed by atoms with Crippen molar-refractivity contribution in [2.24, 2.45) is 0 Å². The molecule has 2 aromatic carbocycles. The normalized spacial score (nSPS) is 11.3. The van der Waals surface area contributed by atoms with E-state index in [2.05, 4.69) is 4.85 Å². The fourth-order valence-electron chi connectivity index (χ4n) is 2.34. The van der Waals surface area contributed by atoms with E-state index in [-0.39, 0.29) is 31.1 Å². The van der Waals surface area contributed by atoms with Crippen molar-refractivity contribution in [1.82, 2.24) is 0 Å². The van der Waals surface area contributed by atoms with Crippen LogP contribution in [0.15, 0.2) is 60.7 Å². The monoisotopic (exact) mass is 322 g/mol. The van der Waals surface area contributed by atoms with Gasteiger partial charge >= 0.3 is 0 Å². The molecule has 0 saturated heterocycles. The lowest BCUT2D eigenvalue weighted by Crippen LogP contribution is -2.29. The van der Waals surface area contributed by atoms with E-state index >= 15 is 0 Å². The molecule has 1 amide bonds. The zero-order valence-electron chi connectivity index (χ0n) is 13.1. The van der Waals surface area contributed by atoms with E-state index in [1.807, 2.05) is 36.4 Å². The van der Waals surface area contributed by atoms with Gasteiger partial charge in [0, 0.05) is 17.8 Å². The van der Waals surface area contributed by atoms with Crippen molar-refractivity contribution < 1.29 is 14.7 Å². The smallest absolute Gasteiger partial charge is 0.240 e. The predicted molar refractivity (Wildman–Crippen MR) is 91.7 cm³/mol. The second kappa shape index (κ2) is 8.61. The summed E-state index contributed by atoms with van der Waals surface area (Å²) >= 11 is 0. The summed E-state index contributed by atoms with van der Waals surface area (Å²) in [7, 11) is 0. The first-order valence-electron chi connectivity index (χ1n) is 7.58. The third kappa shape index (κ3) is 4.77. The number of rotatable bonds is 7. The van der Waals surface area contributed by atoms with Crippen LogP contribution in [-0.4, -0.2) is 29.4 Å². The Hall–Kier alpha value is -2.97. The van der Waals surface area contributed by atoms with Crippen molar-refractivity contribution in [2.45, 2.75) is 18.9 Å². The van der Waals surface area contributed by atoms with Gasteiger partial charge < -0.3 is 9.95 Å². The molecule has 24 heavy (non-hydrogen) atoms. The van der Waals surface area contributed by atoms with E-state index in [1.54, 1.807) is 24.3 Å². The molecule has 0 spiro atoms. The van der Waals surface area contributed by atoms with Crippen molar-refractivity contribution in [3.05, 3.63) is 72.1 Å². The molecule has 1 atom stereocenters. The van der Waals surface area contributed by atoms with Crippen LogP contribution in [0.25, 0.3) is 4.85 Å². The van der Waals surface area contributed by atoms with Gasteiger partial charge in [-0.1, -0.05) is 36.4 Å². The van der Waals surface area contributed by atoms with E-state index < -0.39 is 6.10 Å². The lowest BCUT2D eigenvalue weighted by molar-refractivity contribution is -0.127. The maximum Gasteiger partial charge on any atom is 0.240 e. The minimum Gasteiger partial charge on any atom is -0.385 e. The number of ketones is 1. The maximum absolute atomic E-state index is 12.7. The van der Waals surface area contributed by atoms with Crippen molar-refractivity contribution in [3.63, 3.8) is 0 Å². The minimum absolute atomic E-state index is 0.138. The SMILES string of the molecule is [C-]#[N+]C[C@@H](O)CC(=O)CC(=O)N(c1ccccc1)c1ccccc1. The highest BCUT2D eigenvalue weighted by Gasteiger charge is 2.22. The Labute approximate surface area is 141 Å². The Kier molecular flexibility index (Phi) is 6.23. The fourth-order valence-corrected chi connectivity index (χ4v) is 2.34. The van der Waals surface area contributed by atoms with Gasteiger partial charge in [-0.05, 0) is 24.3 Å². The van der Waals surface area contributed by atoms with Gasteiger partial charge in [0.2, 0.25) is 12.5 Å². The van der Waals surface area contributed by atoms with Crippen LogP contribution >= 0.6 is 0 Å². The van der Waals surface area contributed by atoms with Crippen LogP contribution in [-0.2, 0) is 9.59 Å². The third-order valence-electron chi connectivity index (χ3n) is 3.39. The molecule has 0 radical (unpaired) electrons. The van der Waals surface area contributed by atoms with Gasteiger partial charge in [-0.2, -0.15) is 0 Å². The summed E-state index contributed by atoms with van der Waals surface area (Å²) in [6.07, 6.45) is -1.53. The van der Waals surface area contributed by atoms with Crippen molar-refractivity contribution in [1.29, 1.82) is 0 Å². The van der Waals surface area contributed by atoms with Crippen LogP contribution in [0, 0.1) is 6.57 Å². The molecule has 2 rings (SSSR count). The minimum atomic E-state index is -1.02. The quantitative estimate of drug-likeness (QED) is 0.630. The van der Waals surface area contributed by atoms with Gasteiger partial charge in [-0.3, -0.25) is 14.5 Å². The van der Waals surface area contributed by atoms with Crippen molar-refractivity contribution >= 4 is 23.1 Å². The summed E-state index contributed by atoms with van der Waals surface area (Å²) in [6, 6.07) is 18.2. The molecule has 5 nitrogen and oxygen atoms in total. The number of anilines is 2. The highest BCUT2D eigenvalue weighted by molar-refractivity contribution is 6.09. The summed E-state index contributed by atoms with van der Waals surface area (Å²) in [4.78, 5) is 29.2. The number of Topliss-reactive ketones (excluding diaryl/α,β-unsaturated/α-hetero) is 1. The number of para-hydroxylation sites is 2. The average molecular weight is 322 g/mol. The highest BCUT2D eigenvalue weighted by Crippen LogP contribution is 2.26. The summed E-state index contributed by atoms with van der Waals surface area (Å²) in [5.74, 6) is -0.750. The number of amides is 1. The number of benzene rings is 2. The van der Waals surface area contributed by atoms with Crippen LogP contribution in [0.4, 0.5) is 11.4 Å². The van der Waals surface area contributed by atoms with E-state index in [0.29, 0.717) is 11.4 Å². The molecule has 0 bridgehead atoms. The number of hydrogen-bond donors (Lipinski definition) is 1. The van der Waals surface area contributed by atoms with Gasteiger partial charge in [0.15, 0.2) is 0 Å².